The first-order valence-electron chi connectivity index (χ1n) is 16.7. The maximum atomic E-state index is 15.7. The zero-order valence-electron chi connectivity index (χ0n) is 28.3. The first kappa shape index (κ1) is 36.0. The molecule has 1 aromatic heterocycles. The van der Waals surface area contributed by atoms with Crippen LogP contribution in [-0.4, -0.2) is 94.2 Å². The fourth-order valence-corrected chi connectivity index (χ4v) is 6.44. The van der Waals surface area contributed by atoms with E-state index in [9.17, 15) is 23.6 Å². The highest BCUT2D eigenvalue weighted by Gasteiger charge is 2.36. The molecule has 258 valence electrons. The van der Waals surface area contributed by atoms with Gasteiger partial charge in [0.2, 0.25) is 11.8 Å². The number of rotatable bonds is 11. The maximum Gasteiger partial charge on any atom is 0.270 e. The first-order chi connectivity index (χ1) is 22.3. The Morgan fingerprint density at radius 2 is 1.70 bits per heavy atom. The summed E-state index contributed by atoms with van der Waals surface area (Å²) in [6, 6.07) is 3.88. The Hall–Kier alpha value is -3.87. The number of alkyl halides is 1. The van der Waals surface area contributed by atoms with Crippen molar-refractivity contribution in [3.05, 3.63) is 47.5 Å². The Balaban J connectivity index is 1.53. The van der Waals surface area contributed by atoms with E-state index in [1.807, 2.05) is 20.9 Å². The highest BCUT2D eigenvalue weighted by Crippen LogP contribution is 2.32. The van der Waals surface area contributed by atoms with Gasteiger partial charge < -0.3 is 25.8 Å². The number of nitrogens with zero attached hydrogens (tertiary/aromatic N) is 4. The molecule has 2 heterocycles. The second-order valence-corrected chi connectivity index (χ2v) is 13.2. The van der Waals surface area contributed by atoms with Gasteiger partial charge in [0.05, 0.1) is 5.69 Å². The number of likely N-dealkylation sites (N-methyl/N-ethyl adjacent to an activating group) is 1. The Kier molecular flexibility index (Phi) is 12.1. The van der Waals surface area contributed by atoms with Gasteiger partial charge in [-0.25, -0.2) is 8.78 Å². The van der Waals surface area contributed by atoms with Crippen LogP contribution in [0.5, 0.6) is 0 Å². The molecule has 1 aliphatic carbocycles. The van der Waals surface area contributed by atoms with Gasteiger partial charge in [-0.05, 0) is 76.3 Å². The average molecular weight is 658 g/mol. The number of anilines is 1. The third kappa shape index (κ3) is 8.74. The summed E-state index contributed by atoms with van der Waals surface area (Å²) in [7, 11) is 1.97. The third-order valence-corrected chi connectivity index (χ3v) is 9.82. The van der Waals surface area contributed by atoms with Gasteiger partial charge in [0.1, 0.15) is 23.6 Å². The molecule has 2 unspecified atom stereocenters. The second kappa shape index (κ2) is 15.8. The van der Waals surface area contributed by atoms with E-state index in [1.54, 1.807) is 28.6 Å². The number of amides is 4. The van der Waals surface area contributed by atoms with Crippen LogP contribution in [0.2, 0.25) is 0 Å². The molecule has 47 heavy (non-hydrogen) atoms. The molecule has 1 aliphatic heterocycles. The van der Waals surface area contributed by atoms with Gasteiger partial charge in [0.25, 0.3) is 11.8 Å². The minimum atomic E-state index is -1.83. The molecule has 2 aliphatic rings. The normalized spacial score (nSPS) is 22.9. The molecule has 4 amide bonds. The van der Waals surface area contributed by atoms with Crippen LogP contribution in [-0.2, 0) is 20.9 Å². The lowest BCUT2D eigenvalue weighted by Gasteiger charge is -2.40. The summed E-state index contributed by atoms with van der Waals surface area (Å²) in [4.78, 5) is 56.7. The van der Waals surface area contributed by atoms with Gasteiger partial charge in [-0.3, -0.25) is 23.9 Å². The molecule has 2 fully saturated rings. The van der Waals surface area contributed by atoms with E-state index < -0.39 is 47.7 Å². The molecule has 5 atom stereocenters. The molecule has 4 rings (SSSR count). The van der Waals surface area contributed by atoms with Crippen molar-refractivity contribution in [1.82, 2.24) is 30.2 Å². The molecular formula is C34H49F2N7O4. The van der Waals surface area contributed by atoms with Gasteiger partial charge in [-0.15, -0.1) is 0 Å². The van der Waals surface area contributed by atoms with Crippen molar-refractivity contribution in [3.8, 4) is 0 Å². The van der Waals surface area contributed by atoms with Gasteiger partial charge in [-0.1, -0.05) is 32.8 Å². The molecule has 2 aromatic rings. The zero-order chi connectivity index (χ0) is 34.4. The number of hydrogen-bond donors (Lipinski definition) is 3. The molecule has 0 spiro atoms. The largest absolute Gasteiger partial charge is 0.341 e. The molecule has 0 radical (unpaired) electrons. The molecule has 0 bridgehead atoms. The van der Waals surface area contributed by atoms with Crippen LogP contribution in [0, 0.1) is 17.7 Å². The van der Waals surface area contributed by atoms with Crippen LogP contribution >= 0.6 is 0 Å². The fourth-order valence-electron chi connectivity index (χ4n) is 6.44. The number of nitrogens with one attached hydrogen (secondary N) is 3. The minimum Gasteiger partial charge on any atom is -0.341 e. The van der Waals surface area contributed by atoms with Crippen molar-refractivity contribution < 1.29 is 28.0 Å². The topological polar surface area (TPSA) is 129 Å². The van der Waals surface area contributed by atoms with Crippen LogP contribution in [0.15, 0.2) is 30.5 Å². The van der Waals surface area contributed by atoms with Crippen molar-refractivity contribution in [2.75, 3.05) is 32.0 Å². The van der Waals surface area contributed by atoms with Crippen molar-refractivity contribution in [2.24, 2.45) is 11.8 Å². The Morgan fingerprint density at radius 3 is 2.32 bits per heavy atom. The van der Waals surface area contributed by atoms with Crippen molar-refractivity contribution >= 4 is 29.3 Å². The Labute approximate surface area is 275 Å². The fraction of sp³-hybridized carbons (Fsp3) is 0.618. The van der Waals surface area contributed by atoms with Crippen LogP contribution < -0.4 is 16.0 Å². The van der Waals surface area contributed by atoms with Gasteiger partial charge in [-0.2, -0.15) is 5.10 Å². The van der Waals surface area contributed by atoms with Crippen LogP contribution in [0.1, 0.15) is 82.3 Å². The predicted molar refractivity (Wildman–Crippen MR) is 175 cm³/mol. The molecule has 13 heteroatoms. The van der Waals surface area contributed by atoms with Gasteiger partial charge in [0, 0.05) is 44.3 Å². The predicted octanol–water partition coefficient (Wildman–Crippen LogP) is 3.71. The summed E-state index contributed by atoms with van der Waals surface area (Å²) in [5.74, 6) is -3.29. The Morgan fingerprint density at radius 1 is 1.00 bits per heavy atom. The van der Waals surface area contributed by atoms with E-state index in [4.69, 9.17) is 0 Å². The SMILES string of the molecule is CCn1nccc1C(=O)N[C@H](C(=O)Nc1ccc([C@H](C)C(NC(=O)C(C)F)C(=O)N2CCN(C)[C@H](C)C2)cc1F)C1CCC(C)CC1. The number of benzene rings is 1. The zero-order valence-corrected chi connectivity index (χ0v) is 28.3. The quantitative estimate of drug-likeness (QED) is 0.338. The Bertz CT molecular complexity index is 1420. The lowest BCUT2D eigenvalue weighted by molar-refractivity contribution is -0.140. The van der Waals surface area contributed by atoms with Crippen LogP contribution in [0.25, 0.3) is 0 Å². The maximum absolute atomic E-state index is 15.7. The highest BCUT2D eigenvalue weighted by atomic mass is 19.1. The summed E-state index contributed by atoms with van der Waals surface area (Å²) in [5.41, 5.74) is 0.653. The number of hydrogen-bond acceptors (Lipinski definition) is 6. The van der Waals surface area contributed by atoms with Crippen LogP contribution in [0.4, 0.5) is 14.5 Å². The molecule has 3 N–H and O–H groups in total. The first-order valence-corrected chi connectivity index (χ1v) is 16.7. The van der Waals surface area contributed by atoms with Crippen molar-refractivity contribution in [2.45, 2.75) is 97.1 Å². The molecule has 11 nitrogen and oxygen atoms in total. The van der Waals surface area contributed by atoms with Gasteiger partial charge in [0.15, 0.2) is 6.17 Å². The molecular weight excluding hydrogens is 608 g/mol. The number of carbonyl (C=O) groups is 4. The van der Waals surface area contributed by atoms with Crippen molar-refractivity contribution in [1.29, 1.82) is 0 Å². The average Bonchev–Trinajstić information content (AvgIpc) is 3.53. The van der Waals surface area contributed by atoms with Gasteiger partial charge >= 0.3 is 0 Å². The number of piperazine rings is 1. The standard InChI is InChI=1S/C34H49F2N7O4/c1-7-43-28(14-15-37-43)32(45)40-30(24-10-8-20(2)9-11-24)33(46)38-27-13-12-25(18-26(27)36)22(4)29(39-31(44)23(5)35)34(47)42-17-16-41(6)21(3)19-42/h12-15,18,20-24,29-30H,7-11,16-17,19H2,1-6H3,(H,38,46)(H,39,44)(H,40,45)/t20?,21-,22+,23?,24?,29?,30+/m1/s1. The molecule has 1 saturated carbocycles. The minimum absolute atomic E-state index is 0.0786. The lowest BCUT2D eigenvalue weighted by Crippen LogP contribution is -2.58. The summed E-state index contributed by atoms with van der Waals surface area (Å²) >= 11 is 0. The summed E-state index contributed by atoms with van der Waals surface area (Å²) in [5, 5.41) is 12.3. The van der Waals surface area contributed by atoms with E-state index in [0.717, 1.165) is 32.6 Å². The molecule has 1 aromatic carbocycles. The smallest absolute Gasteiger partial charge is 0.270 e. The second-order valence-electron chi connectivity index (χ2n) is 13.2. The number of aromatic nitrogens is 2. The van der Waals surface area contributed by atoms with E-state index >= 15 is 4.39 Å². The summed E-state index contributed by atoms with van der Waals surface area (Å²) in [6.45, 7) is 10.8. The van der Waals surface area contributed by atoms with E-state index in [2.05, 4.69) is 32.9 Å². The van der Waals surface area contributed by atoms with E-state index in [0.29, 0.717) is 43.4 Å². The highest BCUT2D eigenvalue weighted by molar-refractivity contribution is 6.00. The lowest BCUT2D eigenvalue weighted by atomic mass is 9.79. The number of halogens is 2. The third-order valence-electron chi connectivity index (χ3n) is 9.82. The number of aryl methyl sites for hydroxylation is 1. The van der Waals surface area contributed by atoms with Crippen LogP contribution in [0.3, 0.4) is 0 Å². The molecule has 1 saturated heterocycles. The summed E-state index contributed by atoms with van der Waals surface area (Å²) < 4.78 is 31.1. The number of carbonyl (C=O) groups excluding carboxylic acids is 4. The van der Waals surface area contributed by atoms with E-state index in [-0.39, 0.29) is 23.6 Å². The summed E-state index contributed by atoms with van der Waals surface area (Å²) in [6.07, 6.45) is 3.03. The van der Waals surface area contributed by atoms with E-state index in [1.165, 1.54) is 18.3 Å². The van der Waals surface area contributed by atoms with Crippen molar-refractivity contribution in [3.63, 3.8) is 0 Å². The monoisotopic (exact) mass is 657 g/mol.